The van der Waals surface area contributed by atoms with Gasteiger partial charge in [-0.2, -0.15) is 0 Å². The average Bonchev–Trinajstić information content (AvgIpc) is 2.83. The SMILES string of the molecule is C#Cc1cccc(C2(C(=O)O)CC2(C)C)c1. The predicted molar refractivity (Wildman–Crippen MR) is 62.1 cm³/mol. The van der Waals surface area contributed by atoms with E-state index in [9.17, 15) is 9.90 Å². The van der Waals surface area contributed by atoms with Crippen molar-refractivity contribution in [2.45, 2.75) is 25.7 Å². The number of hydrogen-bond donors (Lipinski definition) is 1. The molecule has 2 heteroatoms. The molecule has 0 aromatic heterocycles. The molecule has 1 unspecified atom stereocenters. The number of benzene rings is 1. The monoisotopic (exact) mass is 214 g/mol. The molecule has 0 radical (unpaired) electrons. The van der Waals surface area contributed by atoms with E-state index < -0.39 is 11.4 Å². The number of aliphatic carboxylic acids is 1. The lowest BCUT2D eigenvalue weighted by Gasteiger charge is -2.16. The summed E-state index contributed by atoms with van der Waals surface area (Å²) in [5.41, 5.74) is 0.618. The Labute approximate surface area is 95.3 Å². The fraction of sp³-hybridized carbons (Fsp3) is 0.357. The van der Waals surface area contributed by atoms with Crippen molar-refractivity contribution in [3.8, 4) is 12.3 Å². The third-order valence-corrected chi connectivity index (χ3v) is 3.62. The van der Waals surface area contributed by atoms with Crippen molar-refractivity contribution in [1.82, 2.24) is 0 Å². The van der Waals surface area contributed by atoms with E-state index in [-0.39, 0.29) is 5.41 Å². The van der Waals surface area contributed by atoms with Crippen LogP contribution in [0.2, 0.25) is 0 Å². The molecule has 1 atom stereocenters. The number of carbonyl (C=O) groups is 1. The molecule has 0 aliphatic heterocycles. The molecule has 0 spiro atoms. The lowest BCUT2D eigenvalue weighted by Crippen LogP contribution is -2.25. The molecule has 0 heterocycles. The van der Waals surface area contributed by atoms with Gasteiger partial charge in [0, 0.05) is 5.56 Å². The lowest BCUT2D eigenvalue weighted by atomic mass is 9.87. The van der Waals surface area contributed by atoms with Gasteiger partial charge >= 0.3 is 5.97 Å². The fourth-order valence-electron chi connectivity index (χ4n) is 2.47. The van der Waals surface area contributed by atoms with Crippen molar-refractivity contribution in [2.75, 3.05) is 0 Å². The number of carboxylic acid groups (broad SMARTS) is 1. The van der Waals surface area contributed by atoms with Crippen LogP contribution < -0.4 is 0 Å². The zero-order valence-corrected chi connectivity index (χ0v) is 9.45. The van der Waals surface area contributed by atoms with Crippen molar-refractivity contribution in [2.24, 2.45) is 5.41 Å². The fourth-order valence-corrected chi connectivity index (χ4v) is 2.47. The van der Waals surface area contributed by atoms with Crippen LogP contribution in [0.4, 0.5) is 0 Å². The van der Waals surface area contributed by atoms with Crippen LogP contribution in [0.3, 0.4) is 0 Å². The minimum Gasteiger partial charge on any atom is -0.481 e. The van der Waals surface area contributed by atoms with Gasteiger partial charge in [-0.15, -0.1) is 6.42 Å². The zero-order chi connectivity index (χ0) is 12.0. The Kier molecular flexibility index (Phi) is 2.10. The van der Waals surface area contributed by atoms with E-state index in [1.54, 1.807) is 0 Å². The Hall–Kier alpha value is -1.75. The minimum absolute atomic E-state index is 0.188. The van der Waals surface area contributed by atoms with Crippen LogP contribution >= 0.6 is 0 Å². The highest BCUT2D eigenvalue weighted by Gasteiger charge is 2.67. The summed E-state index contributed by atoms with van der Waals surface area (Å²) in [6.07, 6.45) is 6.00. The quantitative estimate of drug-likeness (QED) is 0.768. The van der Waals surface area contributed by atoms with Gasteiger partial charge in [0.25, 0.3) is 0 Å². The van der Waals surface area contributed by atoms with E-state index in [2.05, 4.69) is 5.92 Å². The van der Waals surface area contributed by atoms with Crippen LogP contribution in [0.15, 0.2) is 24.3 Å². The van der Waals surface area contributed by atoms with Crippen molar-refractivity contribution >= 4 is 5.97 Å². The molecule has 1 N–H and O–H groups in total. The highest BCUT2D eigenvalue weighted by Crippen LogP contribution is 2.64. The summed E-state index contributed by atoms with van der Waals surface area (Å²) in [7, 11) is 0. The van der Waals surface area contributed by atoms with Gasteiger partial charge in [0.1, 0.15) is 0 Å². The van der Waals surface area contributed by atoms with Gasteiger partial charge < -0.3 is 5.11 Å². The second kappa shape index (κ2) is 3.12. The molecule has 1 aliphatic carbocycles. The maximum Gasteiger partial charge on any atom is 0.314 e. The summed E-state index contributed by atoms with van der Waals surface area (Å²) in [6, 6.07) is 7.30. The highest BCUT2D eigenvalue weighted by atomic mass is 16.4. The zero-order valence-electron chi connectivity index (χ0n) is 9.45. The van der Waals surface area contributed by atoms with Crippen LogP contribution in [0.1, 0.15) is 31.4 Å². The van der Waals surface area contributed by atoms with Crippen LogP contribution in [0.5, 0.6) is 0 Å². The number of terminal acetylenes is 1. The molecular weight excluding hydrogens is 200 g/mol. The van der Waals surface area contributed by atoms with Crippen molar-refractivity contribution in [3.05, 3.63) is 35.4 Å². The van der Waals surface area contributed by atoms with Crippen LogP contribution in [-0.4, -0.2) is 11.1 Å². The molecule has 82 valence electrons. The first-order chi connectivity index (χ1) is 7.44. The van der Waals surface area contributed by atoms with Gasteiger partial charge in [0.2, 0.25) is 0 Å². The summed E-state index contributed by atoms with van der Waals surface area (Å²) in [5, 5.41) is 9.40. The largest absolute Gasteiger partial charge is 0.481 e. The number of hydrogen-bond acceptors (Lipinski definition) is 1. The maximum atomic E-state index is 11.4. The summed E-state index contributed by atoms with van der Waals surface area (Å²) in [5.74, 6) is 1.78. The summed E-state index contributed by atoms with van der Waals surface area (Å²) >= 11 is 0. The van der Waals surface area contributed by atoms with E-state index in [1.807, 2.05) is 38.1 Å². The molecule has 0 amide bonds. The molecule has 1 aliphatic rings. The Balaban J connectivity index is 2.52. The Morgan fingerprint density at radius 3 is 2.56 bits per heavy atom. The van der Waals surface area contributed by atoms with Crippen molar-refractivity contribution in [3.63, 3.8) is 0 Å². The molecule has 2 rings (SSSR count). The predicted octanol–water partition coefficient (Wildman–Crippen LogP) is 2.42. The first-order valence-corrected chi connectivity index (χ1v) is 5.24. The maximum absolute atomic E-state index is 11.4. The smallest absolute Gasteiger partial charge is 0.314 e. The molecule has 16 heavy (non-hydrogen) atoms. The van der Waals surface area contributed by atoms with E-state index in [0.29, 0.717) is 6.42 Å². The second-order valence-electron chi connectivity index (χ2n) is 5.00. The van der Waals surface area contributed by atoms with Gasteiger partial charge in [-0.25, -0.2) is 0 Å². The van der Waals surface area contributed by atoms with Crippen LogP contribution in [0, 0.1) is 17.8 Å². The van der Waals surface area contributed by atoms with Crippen molar-refractivity contribution in [1.29, 1.82) is 0 Å². The molecule has 0 bridgehead atoms. The Morgan fingerprint density at radius 2 is 2.12 bits per heavy atom. The van der Waals surface area contributed by atoms with Gasteiger partial charge in [-0.1, -0.05) is 31.9 Å². The van der Waals surface area contributed by atoms with E-state index >= 15 is 0 Å². The average molecular weight is 214 g/mol. The van der Waals surface area contributed by atoms with Gasteiger partial charge in [0.05, 0.1) is 5.41 Å². The second-order valence-corrected chi connectivity index (χ2v) is 5.00. The molecule has 1 aromatic rings. The van der Waals surface area contributed by atoms with Gasteiger partial charge in [-0.05, 0) is 29.5 Å². The molecule has 1 fully saturated rings. The van der Waals surface area contributed by atoms with Crippen LogP contribution in [0.25, 0.3) is 0 Å². The minimum atomic E-state index is -0.758. The molecule has 1 aromatic carbocycles. The first-order valence-electron chi connectivity index (χ1n) is 5.24. The first kappa shape index (κ1) is 10.8. The number of rotatable bonds is 2. The lowest BCUT2D eigenvalue weighted by molar-refractivity contribution is -0.141. The van der Waals surface area contributed by atoms with E-state index in [4.69, 9.17) is 6.42 Å². The van der Waals surface area contributed by atoms with E-state index in [1.165, 1.54) is 0 Å². The van der Waals surface area contributed by atoms with Gasteiger partial charge in [-0.3, -0.25) is 4.79 Å². The van der Waals surface area contributed by atoms with Gasteiger partial charge in [0.15, 0.2) is 0 Å². The molecular formula is C14H14O2. The van der Waals surface area contributed by atoms with E-state index in [0.717, 1.165) is 11.1 Å². The Morgan fingerprint density at radius 1 is 1.50 bits per heavy atom. The number of carboxylic acids is 1. The van der Waals surface area contributed by atoms with Crippen molar-refractivity contribution < 1.29 is 9.90 Å². The topological polar surface area (TPSA) is 37.3 Å². The summed E-state index contributed by atoms with van der Waals surface area (Å²) < 4.78 is 0. The van der Waals surface area contributed by atoms with Crippen LogP contribution in [-0.2, 0) is 10.2 Å². The Bertz CT molecular complexity index is 494. The normalized spacial score (nSPS) is 25.8. The highest BCUT2D eigenvalue weighted by molar-refractivity contribution is 5.87. The standard InChI is InChI=1S/C14H14O2/c1-4-10-6-5-7-11(8-10)14(12(15)16)9-13(14,2)3/h1,5-8H,9H2,2-3H3,(H,15,16). The molecule has 2 nitrogen and oxygen atoms in total. The summed E-state index contributed by atoms with van der Waals surface area (Å²) in [6.45, 7) is 3.95. The third-order valence-electron chi connectivity index (χ3n) is 3.62. The third kappa shape index (κ3) is 1.25. The summed E-state index contributed by atoms with van der Waals surface area (Å²) in [4.78, 5) is 11.4. The molecule has 1 saturated carbocycles. The molecule has 0 saturated heterocycles.